The van der Waals surface area contributed by atoms with Crippen LogP contribution in [0.1, 0.15) is 46.0 Å². The maximum absolute atomic E-state index is 12.0. The van der Waals surface area contributed by atoms with Crippen LogP contribution in [0.15, 0.2) is 0 Å². The quantitative estimate of drug-likeness (QED) is 0.373. The van der Waals surface area contributed by atoms with E-state index in [4.69, 9.17) is 9.84 Å². The van der Waals surface area contributed by atoms with Crippen molar-refractivity contribution in [2.75, 3.05) is 6.61 Å². The lowest BCUT2D eigenvalue weighted by molar-refractivity contribution is -0.150. The van der Waals surface area contributed by atoms with Gasteiger partial charge in [0, 0.05) is 0 Å². The lowest BCUT2D eigenvalue weighted by Gasteiger charge is -2.27. The van der Waals surface area contributed by atoms with Crippen molar-refractivity contribution >= 4 is 43.8 Å². The fraction of sp³-hybridized carbons (Fsp3) is 0.833. The van der Waals surface area contributed by atoms with Gasteiger partial charge in [-0.15, -0.1) is 0 Å². The standard InChI is InChI=1S/C12H20Br2O4/c1-3-5-7-12(14,9(13)10(15)16)11(17)18-8-6-4-2/h9H,3-8H2,1-2H3,(H,15,16). The van der Waals surface area contributed by atoms with Crippen molar-refractivity contribution in [3.05, 3.63) is 0 Å². The third-order valence-corrected chi connectivity index (χ3v) is 5.55. The van der Waals surface area contributed by atoms with Crippen LogP contribution in [0.25, 0.3) is 0 Å². The van der Waals surface area contributed by atoms with Crippen molar-refractivity contribution in [1.29, 1.82) is 0 Å². The summed E-state index contributed by atoms with van der Waals surface area (Å²) in [7, 11) is 0. The summed E-state index contributed by atoms with van der Waals surface area (Å²) in [5, 5.41) is 9.05. The topological polar surface area (TPSA) is 63.6 Å². The number of halogens is 2. The fourth-order valence-electron chi connectivity index (χ4n) is 1.39. The van der Waals surface area contributed by atoms with Crippen LogP contribution in [-0.2, 0) is 14.3 Å². The minimum absolute atomic E-state index is 0.328. The van der Waals surface area contributed by atoms with E-state index in [-0.39, 0.29) is 0 Å². The first-order valence-corrected chi connectivity index (χ1v) is 7.84. The molecular formula is C12H20Br2O4. The Morgan fingerprint density at radius 2 is 1.83 bits per heavy atom. The molecule has 0 radical (unpaired) electrons. The molecule has 0 saturated carbocycles. The van der Waals surface area contributed by atoms with Crippen LogP contribution >= 0.6 is 31.9 Å². The normalized spacial score (nSPS) is 15.8. The van der Waals surface area contributed by atoms with E-state index in [1.165, 1.54) is 0 Å². The molecular weight excluding hydrogens is 368 g/mol. The Hall–Kier alpha value is -0.100. The molecule has 0 heterocycles. The van der Waals surface area contributed by atoms with Crippen molar-refractivity contribution in [3.8, 4) is 0 Å². The number of rotatable bonds is 9. The average molecular weight is 388 g/mol. The Morgan fingerprint density at radius 1 is 1.28 bits per heavy atom. The highest BCUT2D eigenvalue weighted by atomic mass is 79.9. The van der Waals surface area contributed by atoms with Crippen molar-refractivity contribution in [2.45, 2.75) is 55.1 Å². The van der Waals surface area contributed by atoms with Crippen molar-refractivity contribution in [3.63, 3.8) is 0 Å². The van der Waals surface area contributed by atoms with Gasteiger partial charge in [-0.05, 0) is 12.8 Å². The Morgan fingerprint density at radius 3 is 2.28 bits per heavy atom. The number of alkyl halides is 2. The highest BCUT2D eigenvalue weighted by Crippen LogP contribution is 2.35. The van der Waals surface area contributed by atoms with Gasteiger partial charge in [0.2, 0.25) is 0 Å². The van der Waals surface area contributed by atoms with Gasteiger partial charge in [-0.25, -0.2) is 0 Å². The summed E-state index contributed by atoms with van der Waals surface area (Å²) < 4.78 is 3.94. The van der Waals surface area contributed by atoms with E-state index in [0.717, 1.165) is 25.7 Å². The summed E-state index contributed by atoms with van der Waals surface area (Å²) in [5.74, 6) is -1.58. The molecule has 4 nitrogen and oxygen atoms in total. The molecule has 0 aromatic rings. The molecule has 0 fully saturated rings. The van der Waals surface area contributed by atoms with Crippen LogP contribution in [0.4, 0.5) is 0 Å². The van der Waals surface area contributed by atoms with Gasteiger partial charge in [0.05, 0.1) is 6.61 Å². The highest BCUT2D eigenvalue weighted by Gasteiger charge is 2.47. The number of ether oxygens (including phenoxy) is 1. The second kappa shape index (κ2) is 8.91. The molecule has 0 aliphatic carbocycles. The molecule has 0 aromatic heterocycles. The zero-order valence-corrected chi connectivity index (χ0v) is 13.9. The molecule has 18 heavy (non-hydrogen) atoms. The Labute approximate surface area is 125 Å². The minimum atomic E-state index is -1.19. The van der Waals surface area contributed by atoms with E-state index in [2.05, 4.69) is 31.9 Å². The molecule has 0 rings (SSSR count). The van der Waals surface area contributed by atoms with Gasteiger partial charge < -0.3 is 9.84 Å². The largest absolute Gasteiger partial charge is 0.480 e. The molecule has 106 valence electrons. The number of hydrogen-bond acceptors (Lipinski definition) is 3. The summed E-state index contributed by atoms with van der Waals surface area (Å²) in [6.07, 6.45) is 3.77. The minimum Gasteiger partial charge on any atom is -0.480 e. The van der Waals surface area contributed by atoms with Crippen LogP contribution in [0, 0.1) is 0 Å². The summed E-state index contributed by atoms with van der Waals surface area (Å²) in [4.78, 5) is 22.1. The van der Waals surface area contributed by atoms with Crippen LogP contribution in [0.5, 0.6) is 0 Å². The molecule has 0 amide bonds. The second-order valence-corrected chi connectivity index (χ2v) is 6.49. The van der Waals surface area contributed by atoms with Crippen LogP contribution in [-0.4, -0.2) is 32.8 Å². The van der Waals surface area contributed by atoms with E-state index in [1.807, 2.05) is 13.8 Å². The first-order chi connectivity index (χ1) is 8.40. The first-order valence-electron chi connectivity index (χ1n) is 6.13. The van der Waals surface area contributed by atoms with E-state index in [1.54, 1.807) is 0 Å². The van der Waals surface area contributed by atoms with E-state index in [0.29, 0.717) is 13.0 Å². The summed E-state index contributed by atoms with van der Waals surface area (Å²) >= 11 is 6.33. The monoisotopic (exact) mass is 386 g/mol. The van der Waals surface area contributed by atoms with E-state index in [9.17, 15) is 9.59 Å². The smallest absolute Gasteiger partial charge is 0.324 e. The van der Waals surface area contributed by atoms with Crippen LogP contribution in [0.2, 0.25) is 0 Å². The van der Waals surface area contributed by atoms with Gasteiger partial charge in [0.1, 0.15) is 9.15 Å². The molecule has 1 N–H and O–H groups in total. The van der Waals surface area contributed by atoms with Gasteiger partial charge in [-0.3, -0.25) is 9.59 Å². The van der Waals surface area contributed by atoms with Crippen molar-refractivity contribution in [2.24, 2.45) is 0 Å². The number of unbranched alkanes of at least 4 members (excludes halogenated alkanes) is 2. The Bertz CT molecular complexity index is 283. The summed E-state index contributed by atoms with van der Waals surface area (Å²) in [6, 6.07) is 0. The molecule has 0 aliphatic rings. The number of esters is 1. The van der Waals surface area contributed by atoms with Crippen LogP contribution in [0.3, 0.4) is 0 Å². The summed E-state index contributed by atoms with van der Waals surface area (Å²) in [6.45, 7) is 4.31. The Kier molecular flexibility index (Phi) is 8.86. The average Bonchev–Trinajstić information content (AvgIpc) is 2.34. The lowest BCUT2D eigenvalue weighted by Crippen LogP contribution is -2.46. The molecule has 2 atom stereocenters. The number of carbonyl (C=O) groups is 2. The highest BCUT2D eigenvalue weighted by molar-refractivity contribution is 9.13. The van der Waals surface area contributed by atoms with Crippen LogP contribution < -0.4 is 0 Å². The maximum atomic E-state index is 12.0. The first kappa shape index (κ1) is 17.9. The number of carbonyl (C=O) groups excluding carboxylic acids is 1. The SMILES string of the molecule is CCCCOC(=O)C(Br)(CCCC)C(Br)C(=O)O. The van der Waals surface area contributed by atoms with Gasteiger partial charge in [-0.2, -0.15) is 0 Å². The van der Waals surface area contributed by atoms with Gasteiger partial charge in [0.25, 0.3) is 0 Å². The maximum Gasteiger partial charge on any atom is 0.324 e. The fourth-order valence-corrected chi connectivity index (χ4v) is 2.40. The van der Waals surface area contributed by atoms with Gasteiger partial charge >= 0.3 is 11.9 Å². The van der Waals surface area contributed by atoms with Crippen molar-refractivity contribution < 1.29 is 19.4 Å². The third kappa shape index (κ3) is 5.26. The van der Waals surface area contributed by atoms with E-state index < -0.39 is 21.1 Å². The predicted octanol–water partition coefficient (Wildman–Crippen LogP) is 3.50. The van der Waals surface area contributed by atoms with Gasteiger partial charge in [-0.1, -0.05) is 65.0 Å². The second-order valence-electron chi connectivity index (χ2n) is 4.16. The number of hydrogen-bond donors (Lipinski definition) is 1. The Balaban J connectivity index is 4.73. The molecule has 2 unspecified atom stereocenters. The zero-order chi connectivity index (χ0) is 14.2. The zero-order valence-electron chi connectivity index (χ0n) is 10.7. The molecule has 0 saturated heterocycles. The molecule has 6 heteroatoms. The van der Waals surface area contributed by atoms with E-state index >= 15 is 0 Å². The molecule has 0 spiro atoms. The third-order valence-electron chi connectivity index (χ3n) is 2.58. The predicted molar refractivity (Wildman–Crippen MR) is 77.4 cm³/mol. The molecule has 0 aromatic carbocycles. The summed E-state index contributed by atoms with van der Waals surface area (Å²) in [5.41, 5.74) is 0. The molecule has 0 aliphatic heterocycles. The van der Waals surface area contributed by atoms with Crippen molar-refractivity contribution in [1.82, 2.24) is 0 Å². The lowest BCUT2D eigenvalue weighted by atomic mass is 9.98. The number of carboxylic acids is 1. The molecule has 0 bridgehead atoms. The number of aliphatic carboxylic acids is 1. The van der Waals surface area contributed by atoms with Gasteiger partial charge in [0.15, 0.2) is 0 Å². The number of carboxylic acid groups (broad SMARTS) is 1.